The summed E-state index contributed by atoms with van der Waals surface area (Å²) in [5.74, 6) is -0.217. The average Bonchev–Trinajstić information content (AvgIpc) is 2.39. The van der Waals surface area contributed by atoms with Crippen LogP contribution in [-0.4, -0.2) is 40.1 Å². The maximum Gasteiger partial charge on any atom is 0.339 e. The highest BCUT2D eigenvalue weighted by Gasteiger charge is 2.12. The fraction of sp³-hybridized carbons (Fsp3) is 0.167. The minimum absolute atomic E-state index is 0.0278. The summed E-state index contributed by atoms with van der Waals surface area (Å²) in [5, 5.41) is 9.04. The number of rotatable bonds is 4. The Morgan fingerprint density at radius 2 is 2.11 bits per heavy atom. The topological polar surface area (TPSA) is 88.4 Å². The van der Waals surface area contributed by atoms with Crippen molar-refractivity contribution in [2.24, 2.45) is 0 Å². The third-order valence-electron chi connectivity index (χ3n) is 2.25. The normalized spacial score (nSPS) is 10.0. The minimum Gasteiger partial charge on any atom is -0.478 e. The van der Waals surface area contributed by atoms with Crippen LogP contribution in [0.15, 0.2) is 30.7 Å². The Morgan fingerprint density at radius 1 is 1.32 bits per heavy atom. The lowest BCUT2D eigenvalue weighted by Gasteiger charge is -2.11. The van der Waals surface area contributed by atoms with Crippen LogP contribution in [0.3, 0.4) is 0 Å². The molecule has 2 rings (SSSR count). The number of carboxylic acid groups (broad SMARTS) is 1. The molecule has 0 radical (unpaired) electrons. The van der Waals surface area contributed by atoms with E-state index in [1.165, 1.54) is 24.7 Å². The molecule has 0 bridgehead atoms. The van der Waals surface area contributed by atoms with Crippen LogP contribution in [0, 0.1) is 0 Å². The molecule has 7 nitrogen and oxygen atoms in total. The monoisotopic (exact) mass is 260 g/mol. The van der Waals surface area contributed by atoms with Crippen LogP contribution < -0.4 is 9.64 Å². The Balaban J connectivity index is 2.31. The number of hydrogen-bond acceptors (Lipinski definition) is 6. The van der Waals surface area contributed by atoms with Gasteiger partial charge in [-0.3, -0.25) is 4.98 Å². The van der Waals surface area contributed by atoms with Crippen molar-refractivity contribution >= 4 is 11.9 Å². The summed E-state index contributed by atoms with van der Waals surface area (Å²) in [4.78, 5) is 24.8. The number of anilines is 1. The van der Waals surface area contributed by atoms with Gasteiger partial charge in [0.25, 0.3) is 0 Å². The Bertz CT molecular complexity index is 601. The maximum atomic E-state index is 11.0. The molecule has 2 heterocycles. The van der Waals surface area contributed by atoms with Gasteiger partial charge in [0, 0.05) is 32.6 Å². The van der Waals surface area contributed by atoms with Gasteiger partial charge >= 0.3 is 5.97 Å². The molecule has 19 heavy (non-hydrogen) atoms. The third-order valence-corrected chi connectivity index (χ3v) is 2.25. The number of ether oxygens (including phenoxy) is 1. The van der Waals surface area contributed by atoms with Crippen LogP contribution in [0.25, 0.3) is 0 Å². The molecule has 98 valence electrons. The highest BCUT2D eigenvalue weighted by Crippen LogP contribution is 2.23. The molecule has 2 aromatic heterocycles. The van der Waals surface area contributed by atoms with E-state index in [1.54, 1.807) is 25.1 Å². The predicted molar refractivity (Wildman–Crippen MR) is 67.6 cm³/mol. The first-order valence-corrected chi connectivity index (χ1v) is 5.43. The van der Waals surface area contributed by atoms with Gasteiger partial charge < -0.3 is 14.7 Å². The number of hydrogen-bond donors (Lipinski definition) is 1. The molecule has 0 aliphatic heterocycles. The smallest absolute Gasteiger partial charge is 0.339 e. The van der Waals surface area contributed by atoms with Crippen molar-refractivity contribution in [3.63, 3.8) is 0 Å². The maximum absolute atomic E-state index is 11.0. The lowest BCUT2D eigenvalue weighted by Crippen LogP contribution is -2.12. The molecule has 0 amide bonds. The fourth-order valence-corrected chi connectivity index (χ4v) is 1.36. The second-order valence-corrected chi connectivity index (χ2v) is 3.87. The molecular formula is C12H12N4O3. The summed E-state index contributed by atoms with van der Waals surface area (Å²) < 4.78 is 5.44. The molecule has 0 spiro atoms. The van der Waals surface area contributed by atoms with E-state index in [4.69, 9.17) is 9.84 Å². The van der Waals surface area contributed by atoms with Crippen molar-refractivity contribution in [2.75, 3.05) is 19.0 Å². The van der Waals surface area contributed by atoms with Gasteiger partial charge in [-0.25, -0.2) is 9.78 Å². The summed E-state index contributed by atoms with van der Waals surface area (Å²) in [7, 11) is 3.59. The molecule has 0 saturated carbocycles. The summed E-state index contributed by atoms with van der Waals surface area (Å²) in [6.45, 7) is 0. The van der Waals surface area contributed by atoms with Gasteiger partial charge in [-0.2, -0.15) is 4.98 Å². The average molecular weight is 260 g/mol. The molecule has 0 aliphatic rings. The molecule has 0 fully saturated rings. The number of carboxylic acids is 1. The van der Waals surface area contributed by atoms with Crippen LogP contribution in [0.1, 0.15) is 10.4 Å². The van der Waals surface area contributed by atoms with Crippen molar-refractivity contribution in [3.8, 4) is 11.6 Å². The van der Waals surface area contributed by atoms with Crippen molar-refractivity contribution < 1.29 is 14.6 Å². The quantitative estimate of drug-likeness (QED) is 0.889. The van der Waals surface area contributed by atoms with E-state index >= 15 is 0 Å². The second kappa shape index (κ2) is 5.30. The minimum atomic E-state index is -1.08. The Hall–Kier alpha value is -2.70. The summed E-state index contributed by atoms with van der Waals surface area (Å²) in [6, 6.07) is 2.91. The molecule has 0 unspecified atom stereocenters. The van der Waals surface area contributed by atoms with Gasteiger partial charge in [-0.1, -0.05) is 0 Å². The van der Waals surface area contributed by atoms with Crippen LogP contribution in [0.4, 0.5) is 5.95 Å². The molecule has 1 N–H and O–H groups in total. The van der Waals surface area contributed by atoms with Gasteiger partial charge in [-0.05, 0) is 6.07 Å². The second-order valence-electron chi connectivity index (χ2n) is 3.87. The van der Waals surface area contributed by atoms with Gasteiger partial charge in [0.2, 0.25) is 11.8 Å². The first-order valence-electron chi connectivity index (χ1n) is 5.43. The summed E-state index contributed by atoms with van der Waals surface area (Å²) in [6.07, 6.45) is 4.26. The van der Waals surface area contributed by atoms with Crippen LogP contribution >= 0.6 is 0 Å². The molecule has 7 heteroatoms. The number of nitrogens with zero attached hydrogens (tertiary/aromatic N) is 4. The largest absolute Gasteiger partial charge is 0.478 e. The molecule has 0 aliphatic carbocycles. The standard InChI is InChI=1S/C12H12N4O3/c1-16(2)12-14-6-4-10(15-12)19-9-7-13-5-3-8(9)11(17)18/h3-7H,1-2H3,(H,17,18). The van der Waals surface area contributed by atoms with E-state index in [2.05, 4.69) is 15.0 Å². The van der Waals surface area contributed by atoms with Crippen LogP contribution in [0.2, 0.25) is 0 Å². The zero-order valence-electron chi connectivity index (χ0n) is 10.4. The number of carbonyl (C=O) groups is 1. The number of aromatic nitrogens is 3. The molecule has 0 saturated heterocycles. The zero-order valence-corrected chi connectivity index (χ0v) is 10.4. The predicted octanol–water partition coefficient (Wildman–Crippen LogP) is 1.43. The van der Waals surface area contributed by atoms with E-state index in [-0.39, 0.29) is 17.2 Å². The SMILES string of the molecule is CN(C)c1nccc(Oc2cnccc2C(=O)O)n1. The number of pyridine rings is 1. The Labute approximate surface area is 109 Å². The third kappa shape index (κ3) is 2.95. The van der Waals surface area contributed by atoms with Crippen LogP contribution in [0.5, 0.6) is 11.6 Å². The zero-order chi connectivity index (χ0) is 13.8. The lowest BCUT2D eigenvalue weighted by atomic mass is 10.2. The van der Waals surface area contributed by atoms with E-state index in [1.807, 2.05) is 0 Å². The van der Waals surface area contributed by atoms with E-state index in [9.17, 15) is 4.79 Å². The van der Waals surface area contributed by atoms with Crippen molar-refractivity contribution in [1.82, 2.24) is 15.0 Å². The molecule has 2 aromatic rings. The lowest BCUT2D eigenvalue weighted by molar-refractivity contribution is 0.0694. The Morgan fingerprint density at radius 3 is 2.79 bits per heavy atom. The summed E-state index contributed by atoms with van der Waals surface area (Å²) >= 11 is 0. The van der Waals surface area contributed by atoms with Gasteiger partial charge in [0.1, 0.15) is 5.56 Å². The molecule has 0 aromatic carbocycles. The fourth-order valence-electron chi connectivity index (χ4n) is 1.36. The van der Waals surface area contributed by atoms with Gasteiger partial charge in [0.05, 0.1) is 6.20 Å². The van der Waals surface area contributed by atoms with Gasteiger partial charge in [0.15, 0.2) is 5.75 Å². The Kier molecular flexibility index (Phi) is 3.56. The first kappa shape index (κ1) is 12.7. The molecular weight excluding hydrogens is 248 g/mol. The van der Waals surface area contributed by atoms with E-state index < -0.39 is 5.97 Å². The highest BCUT2D eigenvalue weighted by atomic mass is 16.5. The van der Waals surface area contributed by atoms with Gasteiger partial charge in [-0.15, -0.1) is 0 Å². The summed E-state index contributed by atoms with van der Waals surface area (Å²) in [5.41, 5.74) is 0.0278. The van der Waals surface area contributed by atoms with Crippen molar-refractivity contribution in [3.05, 3.63) is 36.3 Å². The highest BCUT2D eigenvalue weighted by molar-refractivity contribution is 5.90. The van der Waals surface area contributed by atoms with Crippen molar-refractivity contribution in [1.29, 1.82) is 0 Å². The van der Waals surface area contributed by atoms with Crippen molar-refractivity contribution in [2.45, 2.75) is 0 Å². The first-order chi connectivity index (χ1) is 9.08. The number of aromatic carboxylic acids is 1. The molecule has 0 atom stereocenters. The van der Waals surface area contributed by atoms with E-state index in [0.717, 1.165) is 0 Å². The van der Waals surface area contributed by atoms with Crippen LogP contribution in [-0.2, 0) is 0 Å². The van der Waals surface area contributed by atoms with E-state index in [0.29, 0.717) is 5.95 Å².